The number of aromatic nitrogens is 1. The normalized spacial score (nSPS) is 21.1. The standard InChI is InChI=1S/C17H31N3S/c1-13(2)18-9-14-7-6-8-20(10-14)11-16-19-15(12-21-16)17(3,4)5/h12-14,18H,6-11H2,1-5H3. The van der Waals surface area contributed by atoms with Gasteiger partial charge in [-0.15, -0.1) is 11.3 Å². The highest BCUT2D eigenvalue weighted by molar-refractivity contribution is 7.09. The molecule has 0 spiro atoms. The van der Waals surface area contributed by atoms with Crippen LogP contribution in [0.1, 0.15) is 58.2 Å². The molecule has 1 aliphatic heterocycles. The van der Waals surface area contributed by atoms with E-state index in [1.807, 2.05) is 11.3 Å². The van der Waals surface area contributed by atoms with Crippen molar-refractivity contribution >= 4 is 11.3 Å². The third-order valence-electron chi connectivity index (χ3n) is 4.10. The lowest BCUT2D eigenvalue weighted by molar-refractivity contribution is 0.163. The lowest BCUT2D eigenvalue weighted by Gasteiger charge is -2.32. The van der Waals surface area contributed by atoms with Crippen LogP contribution in [0.25, 0.3) is 0 Å². The number of thiazole rings is 1. The van der Waals surface area contributed by atoms with Crippen LogP contribution in [0.2, 0.25) is 0 Å². The summed E-state index contributed by atoms with van der Waals surface area (Å²) in [6.07, 6.45) is 2.68. The zero-order valence-electron chi connectivity index (χ0n) is 14.3. The first kappa shape index (κ1) is 16.9. The zero-order valence-corrected chi connectivity index (χ0v) is 15.1. The Morgan fingerprint density at radius 2 is 2.19 bits per heavy atom. The molecule has 0 radical (unpaired) electrons. The largest absolute Gasteiger partial charge is 0.314 e. The van der Waals surface area contributed by atoms with Crippen molar-refractivity contribution < 1.29 is 0 Å². The Balaban J connectivity index is 1.86. The fourth-order valence-corrected chi connectivity index (χ4v) is 3.85. The van der Waals surface area contributed by atoms with Crippen LogP contribution in [-0.4, -0.2) is 35.6 Å². The van der Waals surface area contributed by atoms with E-state index in [1.54, 1.807) is 0 Å². The van der Waals surface area contributed by atoms with E-state index >= 15 is 0 Å². The Kier molecular flexibility index (Phi) is 5.81. The molecule has 2 rings (SSSR count). The molecular formula is C17H31N3S. The highest BCUT2D eigenvalue weighted by atomic mass is 32.1. The highest BCUT2D eigenvalue weighted by Crippen LogP contribution is 2.25. The Hall–Kier alpha value is -0.450. The van der Waals surface area contributed by atoms with Crippen LogP contribution in [0.3, 0.4) is 0 Å². The molecule has 4 heteroatoms. The Bertz CT molecular complexity index is 433. The molecule has 120 valence electrons. The Morgan fingerprint density at radius 3 is 2.81 bits per heavy atom. The quantitative estimate of drug-likeness (QED) is 0.900. The average Bonchev–Trinajstić information content (AvgIpc) is 2.85. The van der Waals surface area contributed by atoms with Gasteiger partial charge < -0.3 is 5.32 Å². The summed E-state index contributed by atoms with van der Waals surface area (Å²) in [4.78, 5) is 7.42. The van der Waals surface area contributed by atoms with E-state index in [0.717, 1.165) is 19.0 Å². The molecule has 2 heterocycles. The van der Waals surface area contributed by atoms with E-state index in [-0.39, 0.29) is 5.41 Å². The summed E-state index contributed by atoms with van der Waals surface area (Å²) in [6.45, 7) is 15.8. The van der Waals surface area contributed by atoms with Crippen LogP contribution in [0.5, 0.6) is 0 Å². The van der Waals surface area contributed by atoms with E-state index in [0.29, 0.717) is 6.04 Å². The molecule has 1 aromatic heterocycles. The molecular weight excluding hydrogens is 278 g/mol. The maximum absolute atomic E-state index is 4.84. The lowest BCUT2D eigenvalue weighted by Crippen LogP contribution is -2.40. The monoisotopic (exact) mass is 309 g/mol. The van der Waals surface area contributed by atoms with Gasteiger partial charge in [0.1, 0.15) is 5.01 Å². The second-order valence-electron chi connectivity index (χ2n) is 7.68. The molecule has 0 saturated carbocycles. The number of rotatable bonds is 5. The minimum atomic E-state index is 0.167. The first-order valence-corrected chi connectivity index (χ1v) is 9.13. The first-order valence-electron chi connectivity index (χ1n) is 8.25. The Labute approximate surface area is 134 Å². The topological polar surface area (TPSA) is 28.2 Å². The fourth-order valence-electron chi connectivity index (χ4n) is 2.78. The fraction of sp³-hybridized carbons (Fsp3) is 0.824. The zero-order chi connectivity index (χ0) is 15.5. The van der Waals surface area contributed by atoms with Crippen LogP contribution in [-0.2, 0) is 12.0 Å². The maximum atomic E-state index is 4.84. The van der Waals surface area contributed by atoms with Crippen molar-refractivity contribution in [2.75, 3.05) is 19.6 Å². The van der Waals surface area contributed by atoms with Gasteiger partial charge in [0.25, 0.3) is 0 Å². The second-order valence-corrected chi connectivity index (χ2v) is 8.63. The van der Waals surface area contributed by atoms with E-state index in [9.17, 15) is 0 Å². The molecule has 1 aromatic rings. The number of hydrogen-bond donors (Lipinski definition) is 1. The van der Waals surface area contributed by atoms with Gasteiger partial charge in [-0.3, -0.25) is 4.90 Å². The van der Waals surface area contributed by atoms with Gasteiger partial charge >= 0.3 is 0 Å². The molecule has 1 N–H and O–H groups in total. The van der Waals surface area contributed by atoms with Crippen molar-refractivity contribution in [3.63, 3.8) is 0 Å². The second kappa shape index (κ2) is 7.21. The minimum Gasteiger partial charge on any atom is -0.314 e. The van der Waals surface area contributed by atoms with Crippen LogP contribution in [0.15, 0.2) is 5.38 Å². The number of nitrogens with zero attached hydrogens (tertiary/aromatic N) is 2. The van der Waals surface area contributed by atoms with E-state index in [2.05, 4.69) is 50.2 Å². The molecule has 1 unspecified atom stereocenters. The van der Waals surface area contributed by atoms with Crippen LogP contribution in [0, 0.1) is 5.92 Å². The predicted octanol–water partition coefficient (Wildman–Crippen LogP) is 3.65. The summed E-state index contributed by atoms with van der Waals surface area (Å²) in [7, 11) is 0. The molecule has 0 amide bonds. The first-order chi connectivity index (χ1) is 9.84. The Morgan fingerprint density at radius 1 is 1.43 bits per heavy atom. The summed E-state index contributed by atoms with van der Waals surface area (Å²) < 4.78 is 0. The molecule has 1 saturated heterocycles. The molecule has 0 bridgehead atoms. The third-order valence-corrected chi connectivity index (χ3v) is 4.93. The van der Waals surface area contributed by atoms with Crippen molar-refractivity contribution in [2.24, 2.45) is 5.92 Å². The predicted molar refractivity (Wildman–Crippen MR) is 92.0 cm³/mol. The van der Waals surface area contributed by atoms with Crippen molar-refractivity contribution in [3.05, 3.63) is 16.1 Å². The van der Waals surface area contributed by atoms with E-state index in [4.69, 9.17) is 4.98 Å². The minimum absolute atomic E-state index is 0.167. The molecule has 1 fully saturated rings. The van der Waals surface area contributed by atoms with Crippen LogP contribution < -0.4 is 5.32 Å². The summed E-state index contributed by atoms with van der Waals surface area (Å²) in [6, 6.07) is 0.591. The summed E-state index contributed by atoms with van der Waals surface area (Å²) in [5, 5.41) is 7.09. The number of nitrogens with one attached hydrogen (secondary N) is 1. The lowest BCUT2D eigenvalue weighted by atomic mass is 9.93. The summed E-state index contributed by atoms with van der Waals surface area (Å²) >= 11 is 1.82. The molecule has 1 aliphatic rings. The molecule has 21 heavy (non-hydrogen) atoms. The van der Waals surface area contributed by atoms with E-state index in [1.165, 1.54) is 36.6 Å². The average molecular weight is 310 g/mol. The third kappa shape index (κ3) is 5.35. The van der Waals surface area contributed by atoms with Gasteiger partial charge in [-0.1, -0.05) is 34.6 Å². The van der Waals surface area contributed by atoms with Gasteiger partial charge in [-0.25, -0.2) is 4.98 Å². The SMILES string of the molecule is CC(C)NCC1CCCN(Cc2nc(C(C)(C)C)cs2)C1. The van der Waals surface area contributed by atoms with Gasteiger partial charge in [0, 0.05) is 23.4 Å². The van der Waals surface area contributed by atoms with Crippen LogP contribution >= 0.6 is 11.3 Å². The van der Waals surface area contributed by atoms with Crippen molar-refractivity contribution in [1.29, 1.82) is 0 Å². The molecule has 1 atom stereocenters. The van der Waals surface area contributed by atoms with Crippen LogP contribution in [0.4, 0.5) is 0 Å². The smallest absolute Gasteiger partial charge is 0.107 e. The molecule has 0 aliphatic carbocycles. The van der Waals surface area contributed by atoms with Crippen molar-refractivity contribution in [1.82, 2.24) is 15.2 Å². The van der Waals surface area contributed by atoms with Gasteiger partial charge in [-0.05, 0) is 31.8 Å². The van der Waals surface area contributed by atoms with E-state index < -0.39 is 0 Å². The van der Waals surface area contributed by atoms with Gasteiger partial charge in [0.2, 0.25) is 0 Å². The highest BCUT2D eigenvalue weighted by Gasteiger charge is 2.22. The number of piperidine rings is 1. The molecule has 0 aromatic carbocycles. The summed E-state index contributed by atoms with van der Waals surface area (Å²) in [5.74, 6) is 0.795. The van der Waals surface area contributed by atoms with Gasteiger partial charge in [0.05, 0.1) is 12.2 Å². The molecule has 3 nitrogen and oxygen atoms in total. The maximum Gasteiger partial charge on any atom is 0.107 e. The van der Waals surface area contributed by atoms with Gasteiger partial charge in [-0.2, -0.15) is 0 Å². The summed E-state index contributed by atoms with van der Waals surface area (Å²) in [5.41, 5.74) is 1.40. The van der Waals surface area contributed by atoms with Gasteiger partial charge in [0.15, 0.2) is 0 Å². The number of likely N-dealkylation sites (tertiary alicyclic amines) is 1. The van der Waals surface area contributed by atoms with Crippen molar-refractivity contribution in [3.8, 4) is 0 Å². The van der Waals surface area contributed by atoms with Crippen molar-refractivity contribution in [2.45, 2.75) is 65.5 Å². The number of hydrogen-bond acceptors (Lipinski definition) is 4.